The van der Waals surface area contributed by atoms with Crippen LogP contribution in [0.5, 0.6) is 0 Å². The number of nitrogens with zero attached hydrogens (tertiary/aromatic N) is 1. The number of carbonyl (C=O) groups is 3. The molecule has 2 N–H and O–H groups in total. The molecule has 0 radical (unpaired) electrons. The molecule has 11 heteroatoms. The average Bonchev–Trinajstić information content (AvgIpc) is 2.51. The third-order valence-electron chi connectivity index (χ3n) is 3.37. The Bertz CT molecular complexity index is 620. The van der Waals surface area contributed by atoms with Gasteiger partial charge in [-0.05, 0) is 48.0 Å². The lowest BCUT2D eigenvalue weighted by Crippen LogP contribution is -2.46. The molecule has 0 aromatic rings. The van der Waals surface area contributed by atoms with Crippen LogP contribution in [-0.4, -0.2) is 53.5 Å². The minimum absolute atomic E-state index is 0.00812. The van der Waals surface area contributed by atoms with Crippen LogP contribution in [-0.2, 0) is 23.9 Å². The summed E-state index contributed by atoms with van der Waals surface area (Å²) in [6.45, 7) is 13.5. The van der Waals surface area contributed by atoms with Crippen LogP contribution in [0.1, 0.15) is 68.2 Å². The van der Waals surface area contributed by atoms with E-state index in [0.29, 0.717) is 0 Å². The van der Waals surface area contributed by atoms with E-state index >= 15 is 0 Å². The topological polar surface area (TPSA) is 146 Å². The Balaban J connectivity index is 4.86. The third kappa shape index (κ3) is 14.4. The van der Waals surface area contributed by atoms with E-state index in [0.717, 1.165) is 0 Å². The smallest absolute Gasteiger partial charge is 0.408 e. The molecule has 0 spiro atoms. The zero-order valence-corrected chi connectivity index (χ0v) is 19.1. The normalized spacial score (nSPS) is 13.1. The van der Waals surface area contributed by atoms with Crippen molar-refractivity contribution >= 4 is 18.0 Å². The standard InChI is InChI=1S/C19H35N3O8/c1-17(2,3)29-15(24)13(21-16(25)30-18(4,5)6)9-10-14(23)20-11-19(7,8)12-28-22(26)27/h13H,9-12H2,1-8H3,(H,20,23)(H,21,25). The number of esters is 1. The van der Waals surface area contributed by atoms with Gasteiger partial charge in [0.05, 0.1) is 0 Å². The van der Waals surface area contributed by atoms with E-state index in [-0.39, 0.29) is 31.9 Å². The summed E-state index contributed by atoms with van der Waals surface area (Å²) in [4.78, 5) is 51.3. The molecule has 30 heavy (non-hydrogen) atoms. The summed E-state index contributed by atoms with van der Waals surface area (Å²) in [5.41, 5.74) is -2.19. The largest absolute Gasteiger partial charge is 0.458 e. The predicted octanol–water partition coefficient (Wildman–Crippen LogP) is 2.35. The summed E-state index contributed by atoms with van der Waals surface area (Å²) in [6.07, 6.45) is -0.880. The van der Waals surface area contributed by atoms with Gasteiger partial charge < -0.3 is 24.9 Å². The van der Waals surface area contributed by atoms with E-state index < -0.39 is 39.8 Å². The molecular formula is C19H35N3O8. The monoisotopic (exact) mass is 433 g/mol. The van der Waals surface area contributed by atoms with E-state index in [4.69, 9.17) is 9.47 Å². The van der Waals surface area contributed by atoms with E-state index in [1.807, 2.05) is 0 Å². The molecule has 0 saturated heterocycles. The second kappa shape index (κ2) is 11.0. The second-order valence-electron chi connectivity index (χ2n) is 9.71. The number of carbonyl (C=O) groups excluding carboxylic acids is 3. The molecule has 0 aliphatic heterocycles. The summed E-state index contributed by atoms with van der Waals surface area (Å²) in [7, 11) is 0. The second-order valence-corrected chi connectivity index (χ2v) is 9.71. The first-order chi connectivity index (χ1) is 13.4. The fraction of sp³-hybridized carbons (Fsp3) is 0.842. The zero-order chi connectivity index (χ0) is 23.8. The van der Waals surface area contributed by atoms with Crippen molar-refractivity contribution in [1.29, 1.82) is 0 Å². The summed E-state index contributed by atoms with van der Waals surface area (Å²) in [5.74, 6) is -1.07. The Morgan fingerprint density at radius 2 is 1.50 bits per heavy atom. The first-order valence-electron chi connectivity index (χ1n) is 9.67. The Morgan fingerprint density at radius 1 is 0.967 bits per heavy atom. The predicted molar refractivity (Wildman–Crippen MR) is 108 cm³/mol. The van der Waals surface area contributed by atoms with Crippen LogP contribution in [0.15, 0.2) is 0 Å². The van der Waals surface area contributed by atoms with Gasteiger partial charge in [0, 0.05) is 18.4 Å². The molecule has 1 atom stereocenters. The Kier molecular flexibility index (Phi) is 10.0. The zero-order valence-electron chi connectivity index (χ0n) is 19.1. The van der Waals surface area contributed by atoms with Crippen LogP contribution < -0.4 is 10.6 Å². The van der Waals surface area contributed by atoms with Gasteiger partial charge in [0.15, 0.2) is 0 Å². The molecule has 0 aliphatic rings. The SMILES string of the molecule is CC(C)(CNC(=O)CCC(NC(=O)OC(C)(C)C)C(=O)OC(C)(C)C)CO[N+](=O)[O-]. The van der Waals surface area contributed by atoms with Crippen LogP contribution in [0.2, 0.25) is 0 Å². The van der Waals surface area contributed by atoms with Crippen molar-refractivity contribution in [2.45, 2.75) is 85.5 Å². The van der Waals surface area contributed by atoms with E-state index in [9.17, 15) is 24.5 Å². The van der Waals surface area contributed by atoms with Crippen molar-refractivity contribution in [2.75, 3.05) is 13.2 Å². The average molecular weight is 434 g/mol. The van der Waals surface area contributed by atoms with Crippen molar-refractivity contribution in [1.82, 2.24) is 10.6 Å². The summed E-state index contributed by atoms with van der Waals surface area (Å²) in [6, 6.07) is -1.07. The van der Waals surface area contributed by atoms with E-state index in [2.05, 4.69) is 15.5 Å². The Hall–Kier alpha value is -2.59. The molecule has 0 saturated carbocycles. The quantitative estimate of drug-likeness (QED) is 0.303. The number of alkyl carbamates (subject to hydrolysis) is 1. The first-order valence-corrected chi connectivity index (χ1v) is 9.67. The van der Waals surface area contributed by atoms with Gasteiger partial charge in [-0.15, -0.1) is 10.1 Å². The molecule has 2 amide bonds. The first kappa shape index (κ1) is 27.4. The molecule has 174 valence electrons. The van der Waals surface area contributed by atoms with Gasteiger partial charge in [0.2, 0.25) is 5.91 Å². The van der Waals surface area contributed by atoms with Gasteiger partial charge in [-0.3, -0.25) is 4.79 Å². The molecule has 0 aromatic carbocycles. The van der Waals surface area contributed by atoms with Crippen molar-refractivity contribution in [3.05, 3.63) is 10.1 Å². The van der Waals surface area contributed by atoms with Gasteiger partial charge in [-0.25, -0.2) is 9.59 Å². The van der Waals surface area contributed by atoms with Gasteiger partial charge in [0.25, 0.3) is 5.09 Å². The van der Waals surface area contributed by atoms with Gasteiger partial charge >= 0.3 is 12.1 Å². The van der Waals surface area contributed by atoms with Crippen LogP contribution in [0, 0.1) is 15.5 Å². The van der Waals surface area contributed by atoms with E-state index in [1.54, 1.807) is 55.4 Å². The lowest BCUT2D eigenvalue weighted by atomic mass is 9.95. The lowest BCUT2D eigenvalue weighted by Gasteiger charge is -2.26. The highest BCUT2D eigenvalue weighted by Crippen LogP contribution is 2.15. The minimum Gasteiger partial charge on any atom is -0.458 e. The fourth-order valence-electron chi connectivity index (χ4n) is 2.05. The minimum atomic E-state index is -1.07. The summed E-state index contributed by atoms with van der Waals surface area (Å²) < 4.78 is 10.5. The van der Waals surface area contributed by atoms with Gasteiger partial charge in [0.1, 0.15) is 23.9 Å². The number of rotatable bonds is 10. The van der Waals surface area contributed by atoms with Crippen molar-refractivity contribution in [2.24, 2.45) is 5.41 Å². The number of hydrogen-bond donors (Lipinski definition) is 2. The summed E-state index contributed by atoms with van der Waals surface area (Å²) >= 11 is 0. The van der Waals surface area contributed by atoms with E-state index in [1.165, 1.54) is 0 Å². The van der Waals surface area contributed by atoms with Crippen LogP contribution in [0.25, 0.3) is 0 Å². The van der Waals surface area contributed by atoms with Gasteiger partial charge in [-0.2, -0.15) is 0 Å². The molecular weight excluding hydrogens is 398 g/mol. The van der Waals surface area contributed by atoms with Crippen molar-refractivity contribution < 1.29 is 33.8 Å². The van der Waals surface area contributed by atoms with Crippen LogP contribution in [0.4, 0.5) is 4.79 Å². The molecule has 11 nitrogen and oxygen atoms in total. The Morgan fingerprint density at radius 3 is 1.97 bits per heavy atom. The maximum Gasteiger partial charge on any atom is 0.408 e. The number of nitrogens with one attached hydrogen (secondary N) is 2. The fourth-order valence-corrected chi connectivity index (χ4v) is 2.05. The van der Waals surface area contributed by atoms with Gasteiger partial charge in [-0.1, -0.05) is 13.8 Å². The molecule has 0 heterocycles. The highest BCUT2D eigenvalue weighted by Gasteiger charge is 2.29. The van der Waals surface area contributed by atoms with Crippen molar-refractivity contribution in [3.63, 3.8) is 0 Å². The summed E-state index contributed by atoms with van der Waals surface area (Å²) in [5, 5.41) is 14.5. The molecule has 0 aromatic heterocycles. The molecule has 0 rings (SSSR count). The Labute approximate surface area is 177 Å². The highest BCUT2D eigenvalue weighted by molar-refractivity contribution is 5.83. The number of ether oxygens (including phenoxy) is 2. The molecule has 0 bridgehead atoms. The third-order valence-corrected chi connectivity index (χ3v) is 3.37. The maximum atomic E-state index is 12.4. The van der Waals surface area contributed by atoms with Crippen molar-refractivity contribution in [3.8, 4) is 0 Å². The number of amides is 2. The lowest BCUT2D eigenvalue weighted by molar-refractivity contribution is -0.760. The molecule has 0 fully saturated rings. The maximum absolute atomic E-state index is 12.4. The van der Waals surface area contributed by atoms with Crippen LogP contribution in [0.3, 0.4) is 0 Å². The molecule has 1 unspecified atom stereocenters. The molecule has 0 aliphatic carbocycles. The number of hydrogen-bond acceptors (Lipinski definition) is 8. The highest BCUT2D eigenvalue weighted by atomic mass is 16.9. The van der Waals surface area contributed by atoms with Crippen LogP contribution >= 0.6 is 0 Å².